The van der Waals surface area contributed by atoms with Gasteiger partial charge in [0, 0.05) is 25.4 Å². The Morgan fingerprint density at radius 2 is 1.96 bits per heavy atom. The lowest BCUT2D eigenvalue weighted by atomic mass is 9.85. The molecule has 0 spiro atoms. The first kappa shape index (κ1) is 18.7. The molecule has 3 heterocycles. The molecule has 2 fully saturated rings. The van der Waals surface area contributed by atoms with Crippen LogP contribution in [-0.4, -0.2) is 59.2 Å². The zero-order valence-corrected chi connectivity index (χ0v) is 15.5. The Morgan fingerprint density at radius 3 is 2.64 bits per heavy atom. The maximum Gasteiger partial charge on any atom is 0.329 e. The molecule has 28 heavy (non-hydrogen) atoms. The van der Waals surface area contributed by atoms with Crippen molar-refractivity contribution in [2.75, 3.05) is 31.6 Å². The molecule has 3 amide bonds. The summed E-state index contributed by atoms with van der Waals surface area (Å²) in [4.78, 5) is 26.3. The number of halogens is 3. The van der Waals surface area contributed by atoms with E-state index in [2.05, 4.69) is 10.4 Å². The third-order valence-electron chi connectivity index (χ3n) is 5.42. The van der Waals surface area contributed by atoms with Crippen LogP contribution in [0.1, 0.15) is 24.3 Å². The molecular formula is C18H20F3N5O2. The number of hydrogen-bond donors (Lipinski definition) is 1. The van der Waals surface area contributed by atoms with Gasteiger partial charge in [-0.05, 0) is 37.7 Å². The van der Waals surface area contributed by atoms with E-state index >= 15 is 0 Å². The van der Waals surface area contributed by atoms with E-state index in [1.165, 1.54) is 20.5 Å². The molecule has 0 radical (unpaired) electrons. The molecule has 0 bridgehead atoms. The van der Waals surface area contributed by atoms with E-state index in [1.807, 2.05) is 0 Å². The van der Waals surface area contributed by atoms with Gasteiger partial charge in [0.1, 0.15) is 5.82 Å². The van der Waals surface area contributed by atoms with Crippen molar-refractivity contribution in [2.45, 2.75) is 24.7 Å². The number of likely N-dealkylation sites (tertiary alicyclic amines) is 1. The van der Waals surface area contributed by atoms with Gasteiger partial charge in [-0.2, -0.15) is 5.10 Å². The number of alkyl halides is 2. The first-order valence-electron chi connectivity index (χ1n) is 9.01. The van der Waals surface area contributed by atoms with E-state index in [4.69, 9.17) is 0 Å². The first-order chi connectivity index (χ1) is 13.2. The van der Waals surface area contributed by atoms with Crippen molar-refractivity contribution in [2.24, 2.45) is 7.05 Å². The average molecular weight is 395 g/mol. The fourth-order valence-electron chi connectivity index (χ4n) is 4.00. The number of benzene rings is 1. The van der Waals surface area contributed by atoms with Gasteiger partial charge in [-0.3, -0.25) is 19.7 Å². The van der Waals surface area contributed by atoms with E-state index in [1.54, 1.807) is 14.1 Å². The van der Waals surface area contributed by atoms with E-state index in [0.29, 0.717) is 17.4 Å². The zero-order chi connectivity index (χ0) is 20.2. The molecule has 1 aromatic carbocycles. The summed E-state index contributed by atoms with van der Waals surface area (Å²) < 4.78 is 45.4. The smallest absolute Gasteiger partial charge is 0.301 e. The monoisotopic (exact) mass is 395 g/mol. The van der Waals surface area contributed by atoms with Crippen LogP contribution in [0.15, 0.2) is 12.1 Å². The zero-order valence-electron chi connectivity index (χ0n) is 15.5. The molecule has 2 aliphatic heterocycles. The van der Waals surface area contributed by atoms with E-state index in [0.717, 1.165) is 6.07 Å². The summed E-state index contributed by atoms with van der Waals surface area (Å²) in [6.45, 7) is 0.150. The molecule has 2 aromatic rings. The maximum absolute atomic E-state index is 14.9. The normalized spacial score (nSPS) is 23.3. The lowest BCUT2D eigenvalue weighted by molar-refractivity contribution is -0.120. The molecule has 2 saturated heterocycles. The predicted molar refractivity (Wildman–Crippen MR) is 96.0 cm³/mol. The summed E-state index contributed by atoms with van der Waals surface area (Å²) in [7, 11) is 3.22. The molecule has 7 nitrogen and oxygen atoms in total. The molecule has 1 aromatic heterocycles. The number of nitrogens with one attached hydrogen (secondary N) is 1. The number of rotatable bonds is 2. The number of aryl methyl sites for hydroxylation is 1. The highest BCUT2D eigenvalue weighted by molar-refractivity contribution is 6.08. The Kier molecular flexibility index (Phi) is 4.33. The number of hydrogen-bond acceptors (Lipinski definition) is 4. The van der Waals surface area contributed by atoms with Crippen LogP contribution in [-0.2, 0) is 11.8 Å². The van der Waals surface area contributed by atoms with Crippen molar-refractivity contribution in [1.82, 2.24) is 20.0 Å². The van der Waals surface area contributed by atoms with Crippen LogP contribution in [0.5, 0.6) is 0 Å². The van der Waals surface area contributed by atoms with Crippen LogP contribution in [0.3, 0.4) is 0 Å². The minimum Gasteiger partial charge on any atom is -0.301 e. The summed E-state index contributed by atoms with van der Waals surface area (Å²) in [5.41, 5.74) is 0.407. The number of urea groups is 1. The summed E-state index contributed by atoms with van der Waals surface area (Å²) in [6.07, 6.45) is 0.249. The van der Waals surface area contributed by atoms with Crippen molar-refractivity contribution < 1.29 is 22.8 Å². The molecule has 150 valence electrons. The van der Waals surface area contributed by atoms with E-state index in [9.17, 15) is 22.8 Å². The van der Waals surface area contributed by atoms with Crippen molar-refractivity contribution in [3.8, 4) is 0 Å². The van der Waals surface area contributed by atoms with Gasteiger partial charge in [0.25, 0.3) is 5.92 Å². The molecule has 2 aliphatic rings. The lowest BCUT2D eigenvalue weighted by Gasteiger charge is -2.36. The van der Waals surface area contributed by atoms with Crippen LogP contribution in [0.4, 0.5) is 23.8 Å². The lowest BCUT2D eigenvalue weighted by Crippen LogP contribution is -2.49. The Labute approximate surface area is 159 Å². The summed E-state index contributed by atoms with van der Waals surface area (Å²) in [5.74, 6) is -5.20. The number of piperidine rings is 1. The molecule has 10 heteroatoms. The topological polar surface area (TPSA) is 70.5 Å². The largest absolute Gasteiger partial charge is 0.329 e. The van der Waals surface area contributed by atoms with Gasteiger partial charge in [-0.15, -0.1) is 0 Å². The molecule has 1 atom stereocenters. The standard InChI is InChI=1S/C18H20F3N5O2/c1-24-5-3-12(18(20,21)9-24)10-8-14-11(7-13(10)19)16(23-25(14)2)26-6-4-15(27)22-17(26)28/h7-8,12H,3-6,9H2,1-2H3,(H,22,27,28). The van der Waals surface area contributed by atoms with Crippen molar-refractivity contribution in [1.29, 1.82) is 0 Å². The van der Waals surface area contributed by atoms with Crippen molar-refractivity contribution >= 4 is 28.7 Å². The maximum atomic E-state index is 14.9. The van der Waals surface area contributed by atoms with Gasteiger partial charge in [-0.25, -0.2) is 18.0 Å². The Bertz CT molecular complexity index is 974. The second-order valence-electron chi connectivity index (χ2n) is 7.43. The predicted octanol–water partition coefficient (Wildman–Crippen LogP) is 2.21. The number of fused-ring (bicyclic) bond motifs is 1. The number of carbonyl (C=O) groups excluding carboxylic acids is 2. The third-order valence-corrected chi connectivity index (χ3v) is 5.42. The third kappa shape index (κ3) is 3.01. The summed E-state index contributed by atoms with van der Waals surface area (Å²) in [5, 5.41) is 6.81. The Morgan fingerprint density at radius 1 is 1.21 bits per heavy atom. The highest BCUT2D eigenvalue weighted by Gasteiger charge is 2.45. The van der Waals surface area contributed by atoms with Crippen LogP contribution in [0, 0.1) is 5.82 Å². The molecule has 4 rings (SSSR count). The second kappa shape index (κ2) is 6.47. The van der Waals surface area contributed by atoms with Gasteiger partial charge < -0.3 is 4.90 Å². The summed E-state index contributed by atoms with van der Waals surface area (Å²) in [6, 6.07) is 1.92. The van der Waals surface area contributed by atoms with E-state index in [-0.39, 0.29) is 36.7 Å². The van der Waals surface area contributed by atoms with Gasteiger partial charge in [0.2, 0.25) is 5.91 Å². The van der Waals surface area contributed by atoms with Gasteiger partial charge in [-0.1, -0.05) is 0 Å². The number of aromatic nitrogens is 2. The highest BCUT2D eigenvalue weighted by atomic mass is 19.3. The second-order valence-corrected chi connectivity index (χ2v) is 7.43. The van der Waals surface area contributed by atoms with E-state index < -0.39 is 30.2 Å². The van der Waals surface area contributed by atoms with Crippen LogP contribution in [0.25, 0.3) is 10.9 Å². The highest BCUT2D eigenvalue weighted by Crippen LogP contribution is 2.42. The van der Waals surface area contributed by atoms with Gasteiger partial charge >= 0.3 is 6.03 Å². The van der Waals surface area contributed by atoms with Crippen molar-refractivity contribution in [3.63, 3.8) is 0 Å². The number of carbonyl (C=O) groups is 2. The fraction of sp³-hybridized carbons (Fsp3) is 0.500. The molecule has 1 N–H and O–H groups in total. The van der Waals surface area contributed by atoms with Gasteiger partial charge in [0.05, 0.1) is 18.0 Å². The molecular weight excluding hydrogens is 375 g/mol. The summed E-state index contributed by atoms with van der Waals surface area (Å²) >= 11 is 0. The van der Waals surface area contributed by atoms with Crippen LogP contribution >= 0.6 is 0 Å². The average Bonchev–Trinajstić information content (AvgIpc) is 2.89. The quantitative estimate of drug-likeness (QED) is 0.847. The number of imide groups is 1. The van der Waals surface area contributed by atoms with Gasteiger partial charge in [0.15, 0.2) is 5.82 Å². The molecule has 0 saturated carbocycles. The van der Waals surface area contributed by atoms with Crippen LogP contribution < -0.4 is 10.2 Å². The molecule has 0 aliphatic carbocycles. The molecule has 1 unspecified atom stereocenters. The number of amides is 3. The Hall–Kier alpha value is -2.62. The SMILES string of the molecule is CN1CCC(c2cc3c(cc2F)c(N2CCC(=O)NC2=O)nn3C)C(F)(F)C1. The number of anilines is 1. The Balaban J connectivity index is 1.77. The number of nitrogens with zero attached hydrogens (tertiary/aromatic N) is 4. The fourth-order valence-corrected chi connectivity index (χ4v) is 4.00. The van der Waals surface area contributed by atoms with Crippen molar-refractivity contribution in [3.05, 3.63) is 23.5 Å². The minimum absolute atomic E-state index is 0.0431. The minimum atomic E-state index is -3.05. The first-order valence-corrected chi connectivity index (χ1v) is 9.01. The van der Waals surface area contributed by atoms with Crippen LogP contribution in [0.2, 0.25) is 0 Å².